The average molecular weight is 343 g/mol. The lowest BCUT2D eigenvalue weighted by molar-refractivity contribution is 0.0706. The summed E-state index contributed by atoms with van der Waals surface area (Å²) in [5, 5.41) is 9.76. The molecule has 0 aliphatic heterocycles. The van der Waals surface area contributed by atoms with Gasteiger partial charge in [-0.3, -0.25) is 10.0 Å². The van der Waals surface area contributed by atoms with E-state index in [1.165, 1.54) is 0 Å². The molecule has 2 aromatic heterocycles. The Morgan fingerprint density at radius 1 is 1.00 bits per heavy atom. The fourth-order valence-corrected chi connectivity index (χ4v) is 3.02. The van der Waals surface area contributed by atoms with E-state index >= 15 is 0 Å². The quantitative estimate of drug-likeness (QED) is 0.437. The van der Waals surface area contributed by atoms with E-state index in [4.69, 9.17) is 5.21 Å². The van der Waals surface area contributed by atoms with Crippen molar-refractivity contribution in [2.24, 2.45) is 0 Å². The first kappa shape index (κ1) is 16.1. The second-order valence-electron chi connectivity index (χ2n) is 6.08. The van der Waals surface area contributed by atoms with Crippen LogP contribution in [0.4, 0.5) is 0 Å². The maximum Gasteiger partial charge on any atom is 0.274 e. The number of carbonyl (C=O) groups excluding carboxylic acids is 1. The van der Waals surface area contributed by atoms with Crippen LogP contribution in [-0.2, 0) is 6.54 Å². The highest BCUT2D eigenvalue weighted by atomic mass is 16.5. The predicted octanol–water partition coefficient (Wildman–Crippen LogP) is 3.87. The number of hydrogen-bond acceptors (Lipinski definition) is 3. The van der Waals surface area contributed by atoms with E-state index in [1.807, 2.05) is 42.7 Å². The SMILES string of the molecule is O=C(NO)c1ccc(Cn2ccc3cc(-c4ccccc4)cnc32)cc1. The third-order valence-corrected chi connectivity index (χ3v) is 4.38. The summed E-state index contributed by atoms with van der Waals surface area (Å²) in [7, 11) is 0. The molecular formula is C21H17N3O2. The first-order valence-corrected chi connectivity index (χ1v) is 8.28. The summed E-state index contributed by atoms with van der Waals surface area (Å²) >= 11 is 0. The standard InChI is InChI=1S/C21H17N3O2/c25-21(23-26)17-8-6-15(7-9-17)14-24-11-10-18-12-19(13-22-20(18)24)16-4-2-1-3-5-16/h1-13,26H,14H2,(H,23,25). The molecule has 0 radical (unpaired) electrons. The highest BCUT2D eigenvalue weighted by Gasteiger charge is 2.07. The molecule has 0 spiro atoms. The molecule has 0 saturated heterocycles. The van der Waals surface area contributed by atoms with Crippen LogP contribution in [-0.4, -0.2) is 20.7 Å². The van der Waals surface area contributed by atoms with Crippen molar-refractivity contribution in [3.63, 3.8) is 0 Å². The minimum absolute atomic E-state index is 0.416. The molecular weight excluding hydrogens is 326 g/mol. The molecule has 1 amide bonds. The number of amides is 1. The van der Waals surface area contributed by atoms with Crippen LogP contribution >= 0.6 is 0 Å². The Bertz CT molecular complexity index is 1050. The lowest BCUT2D eigenvalue weighted by Gasteiger charge is -2.07. The van der Waals surface area contributed by atoms with Gasteiger partial charge in [-0.15, -0.1) is 0 Å². The zero-order valence-electron chi connectivity index (χ0n) is 14.0. The average Bonchev–Trinajstić information content (AvgIpc) is 3.10. The van der Waals surface area contributed by atoms with Gasteiger partial charge in [-0.2, -0.15) is 0 Å². The fraction of sp³-hybridized carbons (Fsp3) is 0.0476. The maximum atomic E-state index is 11.4. The Morgan fingerprint density at radius 2 is 1.77 bits per heavy atom. The smallest absolute Gasteiger partial charge is 0.274 e. The van der Waals surface area contributed by atoms with E-state index in [9.17, 15) is 4.79 Å². The van der Waals surface area contributed by atoms with Crippen LogP contribution in [0.2, 0.25) is 0 Å². The molecule has 5 nitrogen and oxygen atoms in total. The highest BCUT2D eigenvalue weighted by Crippen LogP contribution is 2.23. The van der Waals surface area contributed by atoms with Crippen LogP contribution < -0.4 is 5.48 Å². The maximum absolute atomic E-state index is 11.4. The molecule has 128 valence electrons. The third kappa shape index (κ3) is 3.08. The van der Waals surface area contributed by atoms with E-state index in [2.05, 4.69) is 33.8 Å². The molecule has 0 saturated carbocycles. The Morgan fingerprint density at radius 3 is 2.50 bits per heavy atom. The number of carbonyl (C=O) groups is 1. The van der Waals surface area contributed by atoms with Gasteiger partial charge in [0.15, 0.2) is 0 Å². The predicted molar refractivity (Wildman–Crippen MR) is 100.0 cm³/mol. The molecule has 0 unspecified atom stereocenters. The van der Waals surface area contributed by atoms with Gasteiger partial charge in [-0.25, -0.2) is 10.5 Å². The van der Waals surface area contributed by atoms with Crippen molar-refractivity contribution in [1.29, 1.82) is 0 Å². The van der Waals surface area contributed by atoms with Gasteiger partial charge in [0, 0.05) is 35.5 Å². The molecule has 0 fully saturated rings. The molecule has 4 aromatic rings. The van der Waals surface area contributed by atoms with Gasteiger partial charge in [0.1, 0.15) is 5.65 Å². The highest BCUT2D eigenvalue weighted by molar-refractivity contribution is 5.93. The second kappa shape index (κ2) is 6.82. The minimum atomic E-state index is -0.516. The normalized spacial score (nSPS) is 10.8. The number of pyridine rings is 1. The number of hydroxylamine groups is 1. The van der Waals surface area contributed by atoms with Crippen LogP contribution in [0.25, 0.3) is 22.2 Å². The largest absolute Gasteiger partial charge is 0.328 e. The number of benzene rings is 2. The van der Waals surface area contributed by atoms with Gasteiger partial charge >= 0.3 is 0 Å². The van der Waals surface area contributed by atoms with Crippen molar-refractivity contribution < 1.29 is 10.0 Å². The molecule has 0 bridgehead atoms. The summed E-state index contributed by atoms with van der Waals surface area (Å²) in [6, 6.07) is 21.5. The molecule has 26 heavy (non-hydrogen) atoms. The van der Waals surface area contributed by atoms with Crippen LogP contribution in [0.1, 0.15) is 15.9 Å². The summed E-state index contributed by atoms with van der Waals surface area (Å²) in [6.45, 7) is 0.655. The van der Waals surface area contributed by atoms with E-state index in [0.29, 0.717) is 12.1 Å². The third-order valence-electron chi connectivity index (χ3n) is 4.38. The lowest BCUT2D eigenvalue weighted by atomic mass is 10.1. The molecule has 2 aromatic carbocycles. The van der Waals surface area contributed by atoms with Crippen LogP contribution in [0.15, 0.2) is 79.1 Å². The molecule has 5 heteroatoms. The van der Waals surface area contributed by atoms with Crippen molar-refractivity contribution in [3.8, 4) is 11.1 Å². The molecule has 0 aliphatic carbocycles. The van der Waals surface area contributed by atoms with E-state index in [0.717, 1.165) is 27.7 Å². The minimum Gasteiger partial charge on any atom is -0.328 e. The zero-order chi connectivity index (χ0) is 17.9. The van der Waals surface area contributed by atoms with E-state index < -0.39 is 5.91 Å². The number of aromatic nitrogens is 2. The van der Waals surface area contributed by atoms with Crippen LogP contribution in [0.5, 0.6) is 0 Å². The first-order valence-electron chi connectivity index (χ1n) is 8.28. The topological polar surface area (TPSA) is 67.2 Å². The number of hydrogen-bond donors (Lipinski definition) is 2. The molecule has 2 heterocycles. The van der Waals surface area contributed by atoms with Crippen LogP contribution in [0.3, 0.4) is 0 Å². The van der Waals surface area contributed by atoms with E-state index in [1.54, 1.807) is 17.6 Å². The number of nitrogens with zero attached hydrogens (tertiary/aromatic N) is 2. The number of fused-ring (bicyclic) bond motifs is 1. The van der Waals surface area contributed by atoms with Crippen molar-refractivity contribution in [2.75, 3.05) is 0 Å². The van der Waals surface area contributed by atoms with Crippen LogP contribution in [0, 0.1) is 0 Å². The van der Waals surface area contributed by atoms with Crippen molar-refractivity contribution >= 4 is 16.9 Å². The van der Waals surface area contributed by atoms with Gasteiger partial charge in [0.25, 0.3) is 5.91 Å². The lowest BCUT2D eigenvalue weighted by Crippen LogP contribution is -2.18. The Labute approximate surface area is 150 Å². The second-order valence-corrected chi connectivity index (χ2v) is 6.08. The molecule has 0 atom stereocenters. The van der Waals surface area contributed by atoms with Gasteiger partial charge in [-0.1, -0.05) is 42.5 Å². The summed E-state index contributed by atoms with van der Waals surface area (Å²) in [5.74, 6) is -0.516. The number of rotatable bonds is 4. The Balaban J connectivity index is 1.60. The zero-order valence-corrected chi connectivity index (χ0v) is 14.0. The van der Waals surface area contributed by atoms with Crippen molar-refractivity contribution in [3.05, 3.63) is 90.3 Å². The van der Waals surface area contributed by atoms with Gasteiger partial charge in [0.05, 0.1) is 0 Å². The Kier molecular flexibility index (Phi) is 4.21. The number of nitrogens with one attached hydrogen (secondary N) is 1. The Hall–Kier alpha value is -3.44. The molecule has 4 rings (SSSR count). The summed E-state index contributed by atoms with van der Waals surface area (Å²) < 4.78 is 2.07. The fourth-order valence-electron chi connectivity index (χ4n) is 3.02. The van der Waals surface area contributed by atoms with Gasteiger partial charge in [-0.05, 0) is 35.4 Å². The monoisotopic (exact) mass is 343 g/mol. The summed E-state index contributed by atoms with van der Waals surface area (Å²) in [4.78, 5) is 16.0. The summed E-state index contributed by atoms with van der Waals surface area (Å²) in [5.41, 5.74) is 6.26. The van der Waals surface area contributed by atoms with Gasteiger partial charge in [0.2, 0.25) is 0 Å². The van der Waals surface area contributed by atoms with Gasteiger partial charge < -0.3 is 4.57 Å². The molecule has 0 aliphatic rings. The van der Waals surface area contributed by atoms with Crippen molar-refractivity contribution in [1.82, 2.24) is 15.0 Å². The first-order chi connectivity index (χ1) is 12.7. The van der Waals surface area contributed by atoms with E-state index in [-0.39, 0.29) is 0 Å². The summed E-state index contributed by atoms with van der Waals surface area (Å²) in [6.07, 6.45) is 3.91. The van der Waals surface area contributed by atoms with Crippen molar-refractivity contribution in [2.45, 2.75) is 6.54 Å². The molecule has 2 N–H and O–H groups in total.